The second-order valence-corrected chi connectivity index (χ2v) is 7.47. The fraction of sp³-hybridized carbons (Fsp3) is 0.333. The second-order valence-electron chi connectivity index (χ2n) is 6.52. The summed E-state index contributed by atoms with van der Waals surface area (Å²) in [5.74, 6) is 1.12. The monoisotopic (exact) mass is 384 g/mol. The number of aryl methyl sites for hydroxylation is 2. The van der Waals surface area contributed by atoms with Crippen LogP contribution in [0.5, 0.6) is 5.75 Å². The number of amides is 1. The minimum atomic E-state index is -0.126. The number of aromatic nitrogens is 1. The average molecular weight is 385 g/mol. The van der Waals surface area contributed by atoms with Gasteiger partial charge in [-0.05, 0) is 62.6 Å². The lowest BCUT2D eigenvalue weighted by Gasteiger charge is -2.18. The molecule has 0 radical (unpaired) electrons. The molecule has 0 spiro atoms. The summed E-state index contributed by atoms with van der Waals surface area (Å²) >= 11 is 1.55. The zero-order valence-electron chi connectivity index (χ0n) is 16.1. The van der Waals surface area contributed by atoms with Crippen molar-refractivity contribution in [3.63, 3.8) is 0 Å². The minimum absolute atomic E-state index is 0.126. The standard InChI is InChI=1S/C21H24N2O3S/c1-5-23(21(24)18-7-6-8-25-18)11-17-13-27-20(22-17)12-26-19-10-14(2)9-15(3)16(19)4/h6-10,13H,5,11-12H2,1-4H3. The zero-order valence-corrected chi connectivity index (χ0v) is 16.9. The van der Waals surface area contributed by atoms with Crippen LogP contribution in [0.25, 0.3) is 0 Å². The summed E-state index contributed by atoms with van der Waals surface area (Å²) in [4.78, 5) is 18.8. The molecule has 3 rings (SSSR count). The van der Waals surface area contributed by atoms with Crippen LogP contribution in [-0.2, 0) is 13.2 Å². The Kier molecular flexibility index (Phi) is 5.96. The van der Waals surface area contributed by atoms with Gasteiger partial charge < -0.3 is 14.1 Å². The predicted octanol–water partition coefficient (Wildman–Crippen LogP) is 4.90. The first-order valence-corrected chi connectivity index (χ1v) is 9.82. The number of benzene rings is 1. The molecule has 5 nitrogen and oxygen atoms in total. The van der Waals surface area contributed by atoms with Crippen molar-refractivity contribution in [1.29, 1.82) is 0 Å². The Balaban J connectivity index is 1.64. The lowest BCUT2D eigenvalue weighted by Crippen LogP contribution is -2.30. The van der Waals surface area contributed by atoms with Crippen LogP contribution in [0.2, 0.25) is 0 Å². The van der Waals surface area contributed by atoms with Gasteiger partial charge >= 0.3 is 0 Å². The molecule has 0 N–H and O–H groups in total. The highest BCUT2D eigenvalue weighted by atomic mass is 32.1. The Morgan fingerprint density at radius 1 is 1.30 bits per heavy atom. The molecule has 2 aromatic heterocycles. The third-order valence-corrected chi connectivity index (χ3v) is 5.34. The molecule has 0 saturated carbocycles. The van der Waals surface area contributed by atoms with Crippen molar-refractivity contribution in [3.05, 3.63) is 69.1 Å². The Morgan fingerprint density at radius 2 is 2.11 bits per heavy atom. The number of furan rings is 1. The molecule has 0 saturated heterocycles. The van der Waals surface area contributed by atoms with Crippen LogP contribution in [0, 0.1) is 20.8 Å². The highest BCUT2D eigenvalue weighted by Gasteiger charge is 2.18. The van der Waals surface area contributed by atoms with E-state index in [1.807, 2.05) is 12.3 Å². The maximum atomic E-state index is 12.4. The van der Waals surface area contributed by atoms with Crippen molar-refractivity contribution in [2.45, 2.75) is 40.8 Å². The number of hydrogen-bond donors (Lipinski definition) is 0. The SMILES string of the molecule is CCN(Cc1csc(COc2cc(C)cc(C)c2C)n1)C(=O)c1ccco1. The van der Waals surface area contributed by atoms with Gasteiger partial charge in [-0.1, -0.05) is 6.07 Å². The molecule has 3 aromatic rings. The third-order valence-electron chi connectivity index (χ3n) is 4.47. The molecule has 0 atom stereocenters. The van der Waals surface area contributed by atoms with Gasteiger partial charge in [-0.25, -0.2) is 4.98 Å². The number of thiazole rings is 1. The summed E-state index contributed by atoms with van der Waals surface area (Å²) in [6.45, 7) is 9.63. The molecule has 27 heavy (non-hydrogen) atoms. The summed E-state index contributed by atoms with van der Waals surface area (Å²) in [6.07, 6.45) is 1.51. The zero-order chi connectivity index (χ0) is 19.4. The summed E-state index contributed by atoms with van der Waals surface area (Å²) in [7, 11) is 0. The molecular formula is C21H24N2O3S. The molecule has 0 fully saturated rings. The van der Waals surface area contributed by atoms with Gasteiger partial charge in [0.25, 0.3) is 5.91 Å². The fourth-order valence-electron chi connectivity index (χ4n) is 2.86. The first-order valence-electron chi connectivity index (χ1n) is 8.94. The average Bonchev–Trinajstić information content (AvgIpc) is 3.32. The maximum absolute atomic E-state index is 12.4. The molecule has 142 valence electrons. The Bertz CT molecular complexity index is 916. The number of rotatable bonds is 7. The van der Waals surface area contributed by atoms with E-state index in [0.717, 1.165) is 22.0 Å². The number of hydrogen-bond acceptors (Lipinski definition) is 5. The van der Waals surface area contributed by atoms with Crippen molar-refractivity contribution in [1.82, 2.24) is 9.88 Å². The normalized spacial score (nSPS) is 10.8. The number of nitrogens with zero attached hydrogens (tertiary/aromatic N) is 2. The van der Waals surface area contributed by atoms with Gasteiger partial charge in [-0.15, -0.1) is 11.3 Å². The van der Waals surface area contributed by atoms with Crippen molar-refractivity contribution in [2.75, 3.05) is 6.54 Å². The van der Waals surface area contributed by atoms with E-state index in [1.54, 1.807) is 28.4 Å². The summed E-state index contributed by atoms with van der Waals surface area (Å²) in [5, 5.41) is 2.87. The van der Waals surface area contributed by atoms with Crippen LogP contribution < -0.4 is 4.74 Å². The first-order chi connectivity index (χ1) is 13.0. The van der Waals surface area contributed by atoms with Crippen LogP contribution in [0.1, 0.15) is 44.9 Å². The smallest absolute Gasteiger partial charge is 0.289 e. The molecule has 0 aliphatic carbocycles. The Hall–Kier alpha value is -2.60. The van der Waals surface area contributed by atoms with Gasteiger partial charge in [0.05, 0.1) is 18.5 Å². The lowest BCUT2D eigenvalue weighted by molar-refractivity contribution is 0.0718. The van der Waals surface area contributed by atoms with Gasteiger partial charge in [-0.3, -0.25) is 4.79 Å². The lowest BCUT2D eigenvalue weighted by atomic mass is 10.1. The van der Waals surface area contributed by atoms with E-state index in [4.69, 9.17) is 9.15 Å². The van der Waals surface area contributed by atoms with E-state index in [0.29, 0.717) is 25.5 Å². The second kappa shape index (κ2) is 8.39. The van der Waals surface area contributed by atoms with Crippen molar-refractivity contribution < 1.29 is 13.9 Å². The number of carbonyl (C=O) groups is 1. The van der Waals surface area contributed by atoms with Gasteiger partial charge in [0.2, 0.25) is 0 Å². The van der Waals surface area contributed by atoms with E-state index >= 15 is 0 Å². The molecule has 2 heterocycles. The largest absolute Gasteiger partial charge is 0.486 e. The number of carbonyl (C=O) groups excluding carboxylic acids is 1. The quantitative estimate of drug-likeness (QED) is 0.581. The van der Waals surface area contributed by atoms with E-state index < -0.39 is 0 Å². The molecule has 0 unspecified atom stereocenters. The molecule has 1 aromatic carbocycles. The van der Waals surface area contributed by atoms with Gasteiger partial charge in [0, 0.05) is 11.9 Å². The first kappa shape index (κ1) is 19.2. The van der Waals surface area contributed by atoms with Crippen molar-refractivity contribution in [3.8, 4) is 5.75 Å². The summed E-state index contributed by atoms with van der Waals surface area (Å²) in [5.41, 5.74) is 4.42. The number of ether oxygens (including phenoxy) is 1. The van der Waals surface area contributed by atoms with Crippen LogP contribution >= 0.6 is 11.3 Å². The topological polar surface area (TPSA) is 55.6 Å². The fourth-order valence-corrected chi connectivity index (χ4v) is 3.55. The van der Waals surface area contributed by atoms with E-state index in [-0.39, 0.29) is 5.91 Å². The Morgan fingerprint density at radius 3 is 2.81 bits per heavy atom. The van der Waals surface area contributed by atoms with Crippen LogP contribution in [-0.4, -0.2) is 22.3 Å². The van der Waals surface area contributed by atoms with Crippen molar-refractivity contribution in [2.24, 2.45) is 0 Å². The molecule has 0 aliphatic heterocycles. The summed E-state index contributed by atoms with van der Waals surface area (Å²) in [6, 6.07) is 7.60. The molecule has 0 aliphatic rings. The van der Waals surface area contributed by atoms with Gasteiger partial charge in [0.1, 0.15) is 17.4 Å². The van der Waals surface area contributed by atoms with E-state index in [1.165, 1.54) is 17.4 Å². The van der Waals surface area contributed by atoms with Crippen LogP contribution in [0.3, 0.4) is 0 Å². The van der Waals surface area contributed by atoms with E-state index in [2.05, 4.69) is 37.9 Å². The van der Waals surface area contributed by atoms with E-state index in [9.17, 15) is 4.79 Å². The molecule has 6 heteroatoms. The minimum Gasteiger partial charge on any atom is -0.486 e. The third kappa shape index (κ3) is 4.57. The molecular weight excluding hydrogens is 360 g/mol. The van der Waals surface area contributed by atoms with Gasteiger partial charge in [0.15, 0.2) is 5.76 Å². The molecule has 0 bridgehead atoms. The maximum Gasteiger partial charge on any atom is 0.289 e. The van der Waals surface area contributed by atoms with Crippen LogP contribution in [0.4, 0.5) is 0 Å². The predicted molar refractivity (Wildman–Crippen MR) is 106 cm³/mol. The highest BCUT2D eigenvalue weighted by Crippen LogP contribution is 2.25. The van der Waals surface area contributed by atoms with Crippen molar-refractivity contribution >= 4 is 17.2 Å². The Labute approximate surface area is 163 Å². The molecule has 1 amide bonds. The van der Waals surface area contributed by atoms with Crippen LogP contribution in [0.15, 0.2) is 40.3 Å². The highest BCUT2D eigenvalue weighted by molar-refractivity contribution is 7.09. The van der Waals surface area contributed by atoms with Gasteiger partial charge in [-0.2, -0.15) is 0 Å². The summed E-state index contributed by atoms with van der Waals surface area (Å²) < 4.78 is 11.2.